The molecule has 2 unspecified atom stereocenters. The van der Waals surface area contributed by atoms with E-state index in [1.165, 1.54) is 0 Å². The van der Waals surface area contributed by atoms with Crippen molar-refractivity contribution in [2.24, 2.45) is 11.7 Å². The van der Waals surface area contributed by atoms with Crippen LogP contribution in [0, 0.1) is 5.92 Å². The third kappa shape index (κ3) is 3.63. The quantitative estimate of drug-likeness (QED) is 0.793. The number of rotatable bonds is 5. The van der Waals surface area contributed by atoms with Gasteiger partial charge in [-0.3, -0.25) is 9.69 Å². The molecule has 1 saturated heterocycles. The number of nitrogens with two attached hydrogens (primary N) is 2. The number of carbonyl (C=O) groups is 1. The Morgan fingerprint density at radius 3 is 2.85 bits per heavy atom. The molecule has 1 amide bonds. The van der Waals surface area contributed by atoms with Crippen LogP contribution < -0.4 is 16.2 Å². The number of piperidine rings is 1. The number of para-hydroxylation sites is 2. The fourth-order valence-electron chi connectivity index (χ4n) is 2.61. The van der Waals surface area contributed by atoms with Gasteiger partial charge in [-0.05, 0) is 31.9 Å². The van der Waals surface area contributed by atoms with Crippen LogP contribution in [0.25, 0.3) is 0 Å². The lowest BCUT2D eigenvalue weighted by molar-refractivity contribution is -0.124. The molecular formula is C15H23N3O2. The number of nitrogens with zero attached hydrogens (tertiary/aromatic N) is 1. The normalized spacial score (nSPS) is 23.4. The van der Waals surface area contributed by atoms with Crippen molar-refractivity contribution >= 4 is 11.6 Å². The molecule has 0 spiro atoms. The minimum absolute atomic E-state index is 0.0343. The molecule has 2 rings (SSSR count). The van der Waals surface area contributed by atoms with E-state index >= 15 is 0 Å². The summed E-state index contributed by atoms with van der Waals surface area (Å²) in [5, 5.41) is 0. The van der Waals surface area contributed by atoms with Crippen LogP contribution in [0.2, 0.25) is 0 Å². The Morgan fingerprint density at radius 1 is 1.40 bits per heavy atom. The van der Waals surface area contributed by atoms with E-state index < -0.39 is 0 Å². The molecule has 0 saturated carbocycles. The van der Waals surface area contributed by atoms with E-state index in [1.54, 1.807) is 0 Å². The van der Waals surface area contributed by atoms with Crippen LogP contribution in [-0.4, -0.2) is 36.5 Å². The molecule has 2 atom stereocenters. The molecule has 1 aliphatic heterocycles. The van der Waals surface area contributed by atoms with Gasteiger partial charge in [-0.25, -0.2) is 0 Å². The maximum absolute atomic E-state index is 11.3. The van der Waals surface area contributed by atoms with Gasteiger partial charge in [-0.15, -0.1) is 0 Å². The van der Waals surface area contributed by atoms with Crippen molar-refractivity contribution in [3.05, 3.63) is 24.3 Å². The van der Waals surface area contributed by atoms with E-state index in [0.717, 1.165) is 25.9 Å². The molecule has 1 fully saturated rings. The van der Waals surface area contributed by atoms with Crippen LogP contribution >= 0.6 is 0 Å². The second kappa shape index (κ2) is 6.61. The third-order valence-electron chi connectivity index (χ3n) is 3.97. The van der Waals surface area contributed by atoms with Crippen molar-refractivity contribution in [3.63, 3.8) is 0 Å². The first kappa shape index (κ1) is 14.7. The van der Waals surface area contributed by atoms with Crippen LogP contribution in [0.1, 0.15) is 19.8 Å². The average molecular weight is 277 g/mol. The Labute approximate surface area is 119 Å². The van der Waals surface area contributed by atoms with E-state index in [4.69, 9.17) is 16.2 Å². The predicted molar refractivity (Wildman–Crippen MR) is 79.3 cm³/mol. The first-order valence-corrected chi connectivity index (χ1v) is 7.08. The summed E-state index contributed by atoms with van der Waals surface area (Å²) in [5.74, 6) is 0.478. The SMILES string of the molecule is CC1CCC(C(N)=O)CN1CCOc1ccccc1N. The highest BCUT2D eigenvalue weighted by atomic mass is 16.5. The smallest absolute Gasteiger partial charge is 0.221 e. The second-order valence-electron chi connectivity index (χ2n) is 5.41. The molecule has 1 aromatic carbocycles. The predicted octanol–water partition coefficient (Wildman–Crippen LogP) is 1.23. The third-order valence-corrected chi connectivity index (χ3v) is 3.97. The van der Waals surface area contributed by atoms with Gasteiger partial charge in [0.05, 0.1) is 11.6 Å². The Bertz CT molecular complexity index is 464. The van der Waals surface area contributed by atoms with E-state index in [0.29, 0.717) is 24.1 Å². The van der Waals surface area contributed by atoms with Gasteiger partial charge in [-0.1, -0.05) is 12.1 Å². The monoisotopic (exact) mass is 277 g/mol. The minimum Gasteiger partial charge on any atom is -0.490 e. The summed E-state index contributed by atoms with van der Waals surface area (Å²) in [6.07, 6.45) is 1.89. The molecule has 4 N–H and O–H groups in total. The maximum atomic E-state index is 11.3. The zero-order chi connectivity index (χ0) is 14.5. The van der Waals surface area contributed by atoms with E-state index in [1.807, 2.05) is 24.3 Å². The molecule has 0 aromatic heterocycles. The summed E-state index contributed by atoms with van der Waals surface area (Å²) in [4.78, 5) is 13.6. The second-order valence-corrected chi connectivity index (χ2v) is 5.41. The molecule has 1 aliphatic rings. The fraction of sp³-hybridized carbons (Fsp3) is 0.533. The summed E-state index contributed by atoms with van der Waals surface area (Å²) in [6.45, 7) is 4.24. The minimum atomic E-state index is -0.199. The molecule has 0 radical (unpaired) electrons. The summed E-state index contributed by atoms with van der Waals surface area (Å²) in [7, 11) is 0. The van der Waals surface area contributed by atoms with Gasteiger partial charge < -0.3 is 16.2 Å². The Balaban J connectivity index is 1.83. The zero-order valence-corrected chi connectivity index (χ0v) is 11.9. The molecule has 1 aromatic rings. The molecule has 1 heterocycles. The van der Waals surface area contributed by atoms with Crippen LogP contribution in [0.3, 0.4) is 0 Å². The highest BCUT2D eigenvalue weighted by Gasteiger charge is 2.28. The van der Waals surface area contributed by atoms with Crippen molar-refractivity contribution < 1.29 is 9.53 Å². The largest absolute Gasteiger partial charge is 0.490 e. The zero-order valence-electron chi connectivity index (χ0n) is 11.9. The summed E-state index contributed by atoms with van der Waals surface area (Å²) < 4.78 is 5.70. The summed E-state index contributed by atoms with van der Waals surface area (Å²) in [5.41, 5.74) is 11.9. The lowest BCUT2D eigenvalue weighted by Crippen LogP contribution is -2.47. The summed E-state index contributed by atoms with van der Waals surface area (Å²) in [6, 6.07) is 7.93. The van der Waals surface area contributed by atoms with Gasteiger partial charge in [-0.2, -0.15) is 0 Å². The van der Waals surface area contributed by atoms with Gasteiger partial charge in [0, 0.05) is 19.1 Å². The van der Waals surface area contributed by atoms with Crippen molar-refractivity contribution in [1.82, 2.24) is 4.90 Å². The van der Waals surface area contributed by atoms with E-state index in [2.05, 4.69) is 11.8 Å². The number of nitrogen functional groups attached to an aromatic ring is 1. The van der Waals surface area contributed by atoms with E-state index in [9.17, 15) is 4.79 Å². The molecule has 5 nitrogen and oxygen atoms in total. The first-order chi connectivity index (χ1) is 9.58. The first-order valence-electron chi connectivity index (χ1n) is 7.08. The van der Waals surface area contributed by atoms with Crippen LogP contribution in [0.5, 0.6) is 5.75 Å². The van der Waals surface area contributed by atoms with Gasteiger partial charge in [0.25, 0.3) is 0 Å². The topological polar surface area (TPSA) is 81.6 Å². The highest BCUT2D eigenvalue weighted by molar-refractivity contribution is 5.76. The molecule has 110 valence electrons. The Kier molecular flexibility index (Phi) is 4.84. The van der Waals surface area contributed by atoms with Gasteiger partial charge in [0.15, 0.2) is 0 Å². The van der Waals surface area contributed by atoms with Crippen molar-refractivity contribution in [3.8, 4) is 5.75 Å². The molecule has 0 bridgehead atoms. The molecule has 0 aliphatic carbocycles. The number of anilines is 1. The van der Waals surface area contributed by atoms with Crippen molar-refractivity contribution in [2.45, 2.75) is 25.8 Å². The number of primary amides is 1. The lowest BCUT2D eigenvalue weighted by atomic mass is 9.93. The Hall–Kier alpha value is -1.75. The number of ether oxygens (including phenoxy) is 1. The molecular weight excluding hydrogens is 254 g/mol. The number of likely N-dealkylation sites (tertiary alicyclic amines) is 1. The molecule has 20 heavy (non-hydrogen) atoms. The highest BCUT2D eigenvalue weighted by Crippen LogP contribution is 2.22. The number of hydrogen-bond acceptors (Lipinski definition) is 4. The number of benzene rings is 1. The van der Waals surface area contributed by atoms with Crippen LogP contribution in [-0.2, 0) is 4.79 Å². The molecule has 5 heteroatoms. The van der Waals surface area contributed by atoms with Crippen molar-refractivity contribution in [1.29, 1.82) is 0 Å². The Morgan fingerprint density at radius 2 is 2.15 bits per heavy atom. The standard InChI is InChI=1S/C15H23N3O2/c1-11-6-7-12(15(17)19)10-18(11)8-9-20-14-5-3-2-4-13(14)16/h2-5,11-12H,6-10,16H2,1H3,(H2,17,19). The number of hydrogen-bond donors (Lipinski definition) is 2. The van der Waals surface area contributed by atoms with E-state index in [-0.39, 0.29) is 11.8 Å². The van der Waals surface area contributed by atoms with Gasteiger partial charge in [0.2, 0.25) is 5.91 Å². The van der Waals surface area contributed by atoms with Crippen LogP contribution in [0.4, 0.5) is 5.69 Å². The fourth-order valence-corrected chi connectivity index (χ4v) is 2.61. The lowest BCUT2D eigenvalue weighted by Gasteiger charge is -2.36. The van der Waals surface area contributed by atoms with Crippen molar-refractivity contribution in [2.75, 3.05) is 25.4 Å². The van der Waals surface area contributed by atoms with Crippen LogP contribution in [0.15, 0.2) is 24.3 Å². The average Bonchev–Trinajstić information content (AvgIpc) is 2.42. The van der Waals surface area contributed by atoms with Gasteiger partial charge >= 0.3 is 0 Å². The summed E-state index contributed by atoms with van der Waals surface area (Å²) >= 11 is 0. The number of amides is 1. The van der Waals surface area contributed by atoms with Gasteiger partial charge in [0.1, 0.15) is 12.4 Å². The number of carbonyl (C=O) groups excluding carboxylic acids is 1. The maximum Gasteiger partial charge on any atom is 0.221 e.